The molecule has 0 atom stereocenters. The van der Waals surface area contributed by atoms with Gasteiger partial charge in [-0.25, -0.2) is 9.97 Å². The van der Waals surface area contributed by atoms with Gasteiger partial charge in [0.1, 0.15) is 0 Å². The summed E-state index contributed by atoms with van der Waals surface area (Å²) in [6, 6.07) is 14.3. The van der Waals surface area contributed by atoms with E-state index in [4.69, 9.17) is 4.42 Å². The van der Waals surface area contributed by atoms with Crippen LogP contribution in [0.1, 0.15) is 43.2 Å². The van der Waals surface area contributed by atoms with Crippen LogP contribution >= 0.6 is 11.3 Å². The molecule has 0 saturated heterocycles. The molecule has 0 aliphatic heterocycles. The quantitative estimate of drug-likeness (QED) is 0.430. The minimum atomic E-state index is -0.0947. The lowest BCUT2D eigenvalue weighted by Crippen LogP contribution is -2.12. The van der Waals surface area contributed by atoms with Gasteiger partial charge in [0.25, 0.3) is 0 Å². The third-order valence-electron chi connectivity index (χ3n) is 4.85. The zero-order chi connectivity index (χ0) is 20.4. The number of aromatic nitrogens is 2. The summed E-state index contributed by atoms with van der Waals surface area (Å²) in [4.78, 5) is 21.1. The molecule has 1 amide bonds. The Labute approximate surface area is 173 Å². The predicted molar refractivity (Wildman–Crippen MR) is 117 cm³/mol. The molecule has 4 aromatic rings. The first-order chi connectivity index (χ1) is 14.0. The molecule has 2 aromatic carbocycles. The summed E-state index contributed by atoms with van der Waals surface area (Å²) in [6.07, 6.45) is 2.45. The number of para-hydroxylation sites is 1. The number of hydrogen-bond acceptors (Lipinski definition) is 5. The Morgan fingerprint density at radius 3 is 2.69 bits per heavy atom. The molecule has 148 valence electrons. The van der Waals surface area contributed by atoms with E-state index < -0.39 is 0 Å². The number of nitrogens with zero attached hydrogens (tertiary/aromatic N) is 2. The Bertz CT molecular complexity index is 1140. The second kappa shape index (κ2) is 8.17. The zero-order valence-electron chi connectivity index (χ0n) is 16.7. The van der Waals surface area contributed by atoms with Gasteiger partial charge in [-0.15, -0.1) is 0 Å². The van der Waals surface area contributed by atoms with E-state index in [0.29, 0.717) is 29.8 Å². The van der Waals surface area contributed by atoms with E-state index in [1.807, 2.05) is 37.3 Å². The molecular weight excluding hydrogens is 382 g/mol. The molecule has 1 N–H and O–H groups in total. The number of carbonyl (C=O) groups excluding carboxylic acids is 1. The maximum absolute atomic E-state index is 12.3. The lowest BCUT2D eigenvalue weighted by atomic mass is 10.0. The average molecular weight is 406 g/mol. The lowest BCUT2D eigenvalue weighted by molar-refractivity contribution is -0.116. The van der Waals surface area contributed by atoms with Gasteiger partial charge in [-0.2, -0.15) is 0 Å². The number of aryl methyl sites for hydroxylation is 2. The summed E-state index contributed by atoms with van der Waals surface area (Å²) in [6.45, 7) is 6.36. The van der Waals surface area contributed by atoms with Crippen LogP contribution in [0.25, 0.3) is 21.5 Å². The first kappa shape index (κ1) is 19.3. The SMILES string of the molecule is Cc1cccc2sc(NC(=O)CCc3ncc(-c4ccc(C(C)C)cc4)o3)nc12. The topological polar surface area (TPSA) is 68.0 Å². The van der Waals surface area contributed by atoms with Crippen molar-refractivity contribution in [3.8, 4) is 11.3 Å². The van der Waals surface area contributed by atoms with Gasteiger partial charge in [0, 0.05) is 18.4 Å². The fraction of sp³-hybridized carbons (Fsp3) is 0.261. The fourth-order valence-electron chi connectivity index (χ4n) is 3.13. The molecule has 0 saturated carbocycles. The number of benzene rings is 2. The molecule has 0 aliphatic rings. The van der Waals surface area contributed by atoms with E-state index in [9.17, 15) is 4.79 Å². The van der Waals surface area contributed by atoms with E-state index in [2.05, 4.69) is 41.3 Å². The number of nitrogens with one attached hydrogen (secondary N) is 1. The summed E-state index contributed by atoms with van der Waals surface area (Å²) >= 11 is 1.48. The van der Waals surface area contributed by atoms with Crippen LogP contribution in [-0.4, -0.2) is 15.9 Å². The third kappa shape index (κ3) is 4.38. The Morgan fingerprint density at radius 1 is 1.17 bits per heavy atom. The van der Waals surface area contributed by atoms with E-state index in [1.54, 1.807) is 6.20 Å². The highest BCUT2D eigenvalue weighted by Gasteiger charge is 2.12. The molecule has 0 unspecified atom stereocenters. The number of anilines is 1. The normalized spacial score (nSPS) is 11.3. The first-order valence-corrected chi connectivity index (χ1v) is 10.5. The van der Waals surface area contributed by atoms with E-state index >= 15 is 0 Å². The largest absolute Gasteiger partial charge is 0.441 e. The number of rotatable bonds is 6. The highest BCUT2D eigenvalue weighted by atomic mass is 32.1. The van der Waals surface area contributed by atoms with Crippen molar-refractivity contribution < 1.29 is 9.21 Å². The summed E-state index contributed by atoms with van der Waals surface area (Å²) in [7, 11) is 0. The third-order valence-corrected chi connectivity index (χ3v) is 5.78. The maximum Gasteiger partial charge on any atom is 0.226 e. The summed E-state index contributed by atoms with van der Waals surface area (Å²) in [5, 5.41) is 3.51. The van der Waals surface area contributed by atoms with Crippen LogP contribution in [0.5, 0.6) is 0 Å². The molecule has 0 radical (unpaired) electrons. The molecule has 0 aliphatic carbocycles. The number of fused-ring (bicyclic) bond motifs is 1. The zero-order valence-corrected chi connectivity index (χ0v) is 17.5. The Hall–Kier alpha value is -2.99. The van der Waals surface area contributed by atoms with Crippen molar-refractivity contribution in [2.75, 3.05) is 5.32 Å². The van der Waals surface area contributed by atoms with E-state index in [0.717, 1.165) is 27.1 Å². The van der Waals surface area contributed by atoms with Crippen LogP contribution in [0.4, 0.5) is 5.13 Å². The van der Waals surface area contributed by atoms with Crippen LogP contribution in [0.15, 0.2) is 53.1 Å². The van der Waals surface area contributed by atoms with Crippen molar-refractivity contribution in [3.05, 3.63) is 65.7 Å². The lowest BCUT2D eigenvalue weighted by Gasteiger charge is -2.05. The maximum atomic E-state index is 12.3. The van der Waals surface area contributed by atoms with Gasteiger partial charge in [-0.3, -0.25) is 4.79 Å². The molecule has 4 rings (SSSR count). The molecular formula is C23H23N3O2S. The van der Waals surface area contributed by atoms with Crippen LogP contribution < -0.4 is 5.32 Å². The van der Waals surface area contributed by atoms with Crippen molar-refractivity contribution >= 4 is 32.6 Å². The Balaban J connectivity index is 1.36. The summed E-state index contributed by atoms with van der Waals surface area (Å²) in [5.74, 6) is 1.68. The van der Waals surface area contributed by atoms with Crippen molar-refractivity contribution in [3.63, 3.8) is 0 Å². The average Bonchev–Trinajstić information content (AvgIpc) is 3.34. The number of hydrogen-bond donors (Lipinski definition) is 1. The monoisotopic (exact) mass is 405 g/mol. The molecule has 0 spiro atoms. The Morgan fingerprint density at radius 2 is 1.97 bits per heavy atom. The van der Waals surface area contributed by atoms with Gasteiger partial charge in [0.05, 0.1) is 16.4 Å². The molecule has 29 heavy (non-hydrogen) atoms. The van der Waals surface area contributed by atoms with Gasteiger partial charge >= 0.3 is 0 Å². The number of oxazole rings is 1. The smallest absolute Gasteiger partial charge is 0.226 e. The highest BCUT2D eigenvalue weighted by Crippen LogP contribution is 2.28. The summed E-state index contributed by atoms with van der Waals surface area (Å²) in [5.41, 5.74) is 4.32. The van der Waals surface area contributed by atoms with Crippen molar-refractivity contribution in [1.29, 1.82) is 0 Å². The van der Waals surface area contributed by atoms with E-state index in [-0.39, 0.29) is 5.91 Å². The van der Waals surface area contributed by atoms with Crippen LogP contribution in [0, 0.1) is 6.92 Å². The number of thiazole rings is 1. The van der Waals surface area contributed by atoms with Gasteiger partial charge in [-0.05, 0) is 30.0 Å². The van der Waals surface area contributed by atoms with Gasteiger partial charge in [-0.1, -0.05) is 61.6 Å². The second-order valence-corrected chi connectivity index (χ2v) is 8.41. The summed E-state index contributed by atoms with van der Waals surface area (Å²) < 4.78 is 6.90. The van der Waals surface area contributed by atoms with Gasteiger partial charge < -0.3 is 9.73 Å². The highest BCUT2D eigenvalue weighted by molar-refractivity contribution is 7.22. The molecule has 2 heterocycles. The van der Waals surface area contributed by atoms with Crippen molar-refractivity contribution in [2.24, 2.45) is 0 Å². The minimum Gasteiger partial charge on any atom is -0.441 e. The first-order valence-electron chi connectivity index (χ1n) is 9.70. The van der Waals surface area contributed by atoms with Crippen LogP contribution in [-0.2, 0) is 11.2 Å². The Kier molecular flexibility index (Phi) is 5.45. The minimum absolute atomic E-state index is 0.0947. The predicted octanol–water partition coefficient (Wildman–Crippen LogP) is 5.95. The fourth-order valence-corrected chi connectivity index (χ4v) is 4.09. The van der Waals surface area contributed by atoms with Gasteiger partial charge in [0.15, 0.2) is 16.8 Å². The number of carbonyl (C=O) groups is 1. The van der Waals surface area contributed by atoms with Crippen LogP contribution in [0.2, 0.25) is 0 Å². The molecule has 2 aromatic heterocycles. The van der Waals surface area contributed by atoms with Crippen molar-refractivity contribution in [1.82, 2.24) is 9.97 Å². The second-order valence-electron chi connectivity index (χ2n) is 7.38. The van der Waals surface area contributed by atoms with E-state index in [1.165, 1.54) is 16.9 Å². The standard InChI is InChI=1S/C23H23N3O2S/c1-14(2)16-7-9-17(10-8-16)18-13-24-21(28-18)12-11-20(27)25-23-26-22-15(3)5-4-6-19(22)29-23/h4-10,13-14H,11-12H2,1-3H3,(H,25,26,27). The molecule has 0 fully saturated rings. The van der Waals surface area contributed by atoms with Crippen molar-refractivity contribution in [2.45, 2.75) is 39.5 Å². The molecule has 6 heteroatoms. The van der Waals surface area contributed by atoms with Gasteiger partial charge in [0.2, 0.25) is 5.91 Å². The molecule has 5 nitrogen and oxygen atoms in total. The number of amides is 1. The van der Waals surface area contributed by atoms with Crippen LogP contribution in [0.3, 0.4) is 0 Å². The molecule has 0 bridgehead atoms.